The lowest BCUT2D eigenvalue weighted by molar-refractivity contribution is 0.455. The molecule has 1 nitrogen and oxygen atoms in total. The Morgan fingerprint density at radius 2 is 1.94 bits per heavy atom. The van der Waals surface area contributed by atoms with Crippen molar-refractivity contribution in [1.82, 2.24) is 5.32 Å². The van der Waals surface area contributed by atoms with Gasteiger partial charge in [0.25, 0.3) is 0 Å². The van der Waals surface area contributed by atoms with Crippen molar-refractivity contribution < 1.29 is 8.78 Å². The van der Waals surface area contributed by atoms with Gasteiger partial charge in [-0.25, -0.2) is 8.78 Å². The van der Waals surface area contributed by atoms with E-state index in [9.17, 15) is 8.78 Å². The Morgan fingerprint density at radius 1 is 1.17 bits per heavy atom. The molecule has 18 heavy (non-hydrogen) atoms. The molecule has 1 rings (SSSR count). The monoisotopic (exact) mass is 255 g/mol. The lowest BCUT2D eigenvalue weighted by atomic mass is 10.0. The summed E-state index contributed by atoms with van der Waals surface area (Å²) in [5.41, 5.74) is 0.874. The molecule has 0 saturated carbocycles. The molecule has 0 bridgehead atoms. The second kappa shape index (κ2) is 8.20. The number of nitrogens with one attached hydrogen (secondary N) is 1. The van der Waals surface area contributed by atoms with E-state index in [0.717, 1.165) is 44.2 Å². The highest BCUT2D eigenvalue weighted by atomic mass is 19.2. The minimum atomic E-state index is -0.769. The summed E-state index contributed by atoms with van der Waals surface area (Å²) in [4.78, 5) is 0. The van der Waals surface area contributed by atoms with Crippen LogP contribution in [-0.4, -0.2) is 12.6 Å². The molecule has 3 heteroatoms. The van der Waals surface area contributed by atoms with Gasteiger partial charge < -0.3 is 5.32 Å². The summed E-state index contributed by atoms with van der Waals surface area (Å²) >= 11 is 0. The molecule has 0 fully saturated rings. The number of hydrogen-bond donors (Lipinski definition) is 1. The quantitative estimate of drug-likeness (QED) is 0.738. The third-order valence-corrected chi connectivity index (χ3v) is 3.18. The van der Waals surface area contributed by atoms with E-state index < -0.39 is 11.6 Å². The third kappa shape index (κ3) is 5.13. The van der Waals surface area contributed by atoms with Gasteiger partial charge in [0, 0.05) is 6.04 Å². The minimum absolute atomic E-state index is 0.537. The van der Waals surface area contributed by atoms with Crippen molar-refractivity contribution in [1.29, 1.82) is 0 Å². The summed E-state index contributed by atoms with van der Waals surface area (Å²) in [6.45, 7) is 5.37. The van der Waals surface area contributed by atoms with Gasteiger partial charge in [-0.15, -0.1) is 0 Å². The Labute approximate surface area is 109 Å². The Hall–Kier alpha value is -0.960. The molecule has 1 aromatic rings. The number of rotatable bonds is 8. The first-order valence-corrected chi connectivity index (χ1v) is 6.84. The second-order valence-electron chi connectivity index (χ2n) is 4.70. The first-order valence-electron chi connectivity index (χ1n) is 6.84. The zero-order valence-corrected chi connectivity index (χ0v) is 11.3. The Balaban J connectivity index is 2.33. The number of halogens is 2. The Kier molecular flexibility index (Phi) is 6.88. The topological polar surface area (TPSA) is 12.0 Å². The fourth-order valence-electron chi connectivity index (χ4n) is 2.05. The summed E-state index contributed by atoms with van der Waals surface area (Å²) in [7, 11) is 0. The maximum absolute atomic E-state index is 13.0. The molecule has 0 radical (unpaired) electrons. The van der Waals surface area contributed by atoms with Crippen LogP contribution in [0.3, 0.4) is 0 Å². The molecular formula is C15H23F2N. The molecule has 102 valence electrons. The lowest BCUT2D eigenvalue weighted by Crippen LogP contribution is -2.29. The van der Waals surface area contributed by atoms with Gasteiger partial charge in [-0.3, -0.25) is 0 Å². The molecule has 0 spiro atoms. The zero-order chi connectivity index (χ0) is 13.4. The van der Waals surface area contributed by atoms with E-state index in [4.69, 9.17) is 0 Å². The van der Waals surface area contributed by atoms with E-state index in [0.29, 0.717) is 6.04 Å². The molecular weight excluding hydrogens is 232 g/mol. The normalized spacial score (nSPS) is 12.7. The largest absolute Gasteiger partial charge is 0.314 e. The predicted molar refractivity (Wildman–Crippen MR) is 71.7 cm³/mol. The van der Waals surface area contributed by atoms with Gasteiger partial charge in [-0.1, -0.05) is 19.9 Å². The Morgan fingerprint density at radius 3 is 2.56 bits per heavy atom. The maximum atomic E-state index is 13.0. The minimum Gasteiger partial charge on any atom is -0.314 e. The first-order chi connectivity index (χ1) is 8.67. The summed E-state index contributed by atoms with van der Waals surface area (Å²) < 4.78 is 25.8. The zero-order valence-electron chi connectivity index (χ0n) is 11.3. The molecule has 1 atom stereocenters. The van der Waals surface area contributed by atoms with E-state index in [1.807, 2.05) is 0 Å². The second-order valence-corrected chi connectivity index (χ2v) is 4.70. The van der Waals surface area contributed by atoms with Crippen LogP contribution in [0.5, 0.6) is 0 Å². The van der Waals surface area contributed by atoms with E-state index >= 15 is 0 Å². The molecule has 0 aliphatic rings. The summed E-state index contributed by atoms with van der Waals surface area (Å²) in [6, 6.07) is 4.71. The van der Waals surface area contributed by atoms with Crippen LogP contribution in [0.4, 0.5) is 8.78 Å². The van der Waals surface area contributed by atoms with Crippen molar-refractivity contribution in [3.05, 3.63) is 35.4 Å². The lowest BCUT2D eigenvalue weighted by Gasteiger charge is -2.16. The SMILES string of the molecule is CCCNC(CC)CCCc1ccc(F)c(F)c1. The molecule has 0 saturated heterocycles. The molecule has 1 N–H and O–H groups in total. The number of hydrogen-bond acceptors (Lipinski definition) is 1. The fourth-order valence-corrected chi connectivity index (χ4v) is 2.05. The van der Waals surface area contributed by atoms with E-state index in [1.54, 1.807) is 6.07 Å². The standard InChI is InChI=1S/C15H23F2N/c1-3-10-18-13(4-2)7-5-6-12-8-9-14(16)15(17)11-12/h8-9,11,13,18H,3-7,10H2,1-2H3. The summed E-state index contributed by atoms with van der Waals surface area (Å²) in [5.74, 6) is -1.52. The Bertz CT molecular complexity index is 352. The molecule has 0 heterocycles. The molecule has 0 aromatic heterocycles. The van der Waals surface area contributed by atoms with Gasteiger partial charge in [0.05, 0.1) is 0 Å². The first kappa shape index (κ1) is 15.1. The van der Waals surface area contributed by atoms with Gasteiger partial charge in [0.1, 0.15) is 0 Å². The van der Waals surface area contributed by atoms with Crippen LogP contribution in [0.15, 0.2) is 18.2 Å². The van der Waals surface area contributed by atoms with Crippen LogP contribution in [0.25, 0.3) is 0 Å². The van der Waals surface area contributed by atoms with Crippen LogP contribution in [0.2, 0.25) is 0 Å². The van der Waals surface area contributed by atoms with Crippen LogP contribution in [-0.2, 0) is 6.42 Å². The number of aryl methyl sites for hydroxylation is 1. The van der Waals surface area contributed by atoms with E-state index in [1.165, 1.54) is 12.1 Å². The molecule has 1 unspecified atom stereocenters. The van der Waals surface area contributed by atoms with Crippen LogP contribution in [0, 0.1) is 11.6 Å². The highest BCUT2D eigenvalue weighted by Crippen LogP contribution is 2.12. The van der Waals surface area contributed by atoms with Gasteiger partial charge in [0.2, 0.25) is 0 Å². The van der Waals surface area contributed by atoms with Crippen molar-refractivity contribution in [2.24, 2.45) is 0 Å². The summed E-state index contributed by atoms with van der Waals surface area (Å²) in [6.07, 6.45) is 5.13. The smallest absolute Gasteiger partial charge is 0.159 e. The average Bonchev–Trinajstić information content (AvgIpc) is 2.37. The van der Waals surface area contributed by atoms with Crippen molar-refractivity contribution >= 4 is 0 Å². The average molecular weight is 255 g/mol. The number of benzene rings is 1. The van der Waals surface area contributed by atoms with Gasteiger partial charge >= 0.3 is 0 Å². The highest BCUT2D eigenvalue weighted by Gasteiger charge is 2.06. The molecule has 0 aliphatic carbocycles. The van der Waals surface area contributed by atoms with Crippen molar-refractivity contribution in [3.63, 3.8) is 0 Å². The summed E-state index contributed by atoms with van der Waals surface area (Å²) in [5, 5.41) is 3.49. The maximum Gasteiger partial charge on any atom is 0.159 e. The van der Waals surface area contributed by atoms with E-state index in [-0.39, 0.29) is 0 Å². The van der Waals surface area contributed by atoms with Crippen LogP contribution >= 0.6 is 0 Å². The molecule has 0 aliphatic heterocycles. The van der Waals surface area contributed by atoms with Crippen molar-refractivity contribution in [2.75, 3.05) is 6.54 Å². The third-order valence-electron chi connectivity index (χ3n) is 3.18. The van der Waals surface area contributed by atoms with Crippen LogP contribution in [0.1, 0.15) is 45.1 Å². The molecule has 1 aromatic carbocycles. The van der Waals surface area contributed by atoms with Gasteiger partial charge in [-0.05, 0) is 56.3 Å². The van der Waals surface area contributed by atoms with Gasteiger partial charge in [0.15, 0.2) is 11.6 Å². The van der Waals surface area contributed by atoms with Crippen LogP contribution < -0.4 is 5.32 Å². The van der Waals surface area contributed by atoms with E-state index in [2.05, 4.69) is 19.2 Å². The van der Waals surface area contributed by atoms with Gasteiger partial charge in [-0.2, -0.15) is 0 Å². The van der Waals surface area contributed by atoms with Crippen molar-refractivity contribution in [3.8, 4) is 0 Å². The predicted octanol–water partition coefficient (Wildman–Crippen LogP) is 4.07. The molecule has 0 amide bonds. The highest BCUT2D eigenvalue weighted by molar-refractivity contribution is 5.17. The van der Waals surface area contributed by atoms with Crippen molar-refractivity contribution in [2.45, 2.75) is 52.0 Å². The fraction of sp³-hybridized carbons (Fsp3) is 0.600.